The van der Waals surface area contributed by atoms with Gasteiger partial charge in [-0.1, -0.05) is 6.07 Å². The van der Waals surface area contributed by atoms with Crippen LogP contribution in [0.15, 0.2) is 47.6 Å². The molecule has 1 N–H and O–H groups in total. The highest BCUT2D eigenvalue weighted by molar-refractivity contribution is 7.98. The van der Waals surface area contributed by atoms with Crippen molar-refractivity contribution in [1.82, 2.24) is 4.98 Å². The van der Waals surface area contributed by atoms with Gasteiger partial charge in [0.05, 0.1) is 23.5 Å². The third-order valence-corrected chi connectivity index (χ3v) is 4.01. The van der Waals surface area contributed by atoms with Gasteiger partial charge in [-0.25, -0.2) is 4.98 Å². The number of ether oxygens (including phenoxy) is 1. The molecule has 1 aromatic heterocycles. The Balaban J connectivity index is 1.63. The first-order valence-corrected chi connectivity index (χ1v) is 8.22. The molecule has 0 fully saturated rings. The van der Waals surface area contributed by atoms with Gasteiger partial charge in [-0.05, 0) is 47.7 Å². The Morgan fingerprint density at radius 2 is 2.27 bits per heavy atom. The maximum atomic E-state index is 11.9. The monoisotopic (exact) mass is 312 g/mol. The van der Waals surface area contributed by atoms with Gasteiger partial charge in [0.1, 0.15) is 5.75 Å². The van der Waals surface area contributed by atoms with Gasteiger partial charge in [0.2, 0.25) is 5.91 Å². The summed E-state index contributed by atoms with van der Waals surface area (Å²) in [6.07, 6.45) is 7.88. The molecule has 3 rings (SSSR count). The van der Waals surface area contributed by atoms with E-state index in [0.29, 0.717) is 5.69 Å². The first-order chi connectivity index (χ1) is 10.7. The van der Waals surface area contributed by atoms with Crippen LogP contribution in [-0.4, -0.2) is 23.8 Å². The smallest absolute Gasteiger partial charge is 0.248 e. The molecule has 0 spiro atoms. The zero-order valence-electron chi connectivity index (χ0n) is 12.2. The van der Waals surface area contributed by atoms with E-state index in [4.69, 9.17) is 4.74 Å². The molecule has 0 saturated carbocycles. The Bertz CT molecular complexity index is 711. The summed E-state index contributed by atoms with van der Waals surface area (Å²) in [6, 6.07) is 9.68. The topological polar surface area (TPSA) is 51.2 Å². The summed E-state index contributed by atoms with van der Waals surface area (Å²) in [6.45, 7) is 0.738. The van der Waals surface area contributed by atoms with Crippen LogP contribution in [0.1, 0.15) is 11.1 Å². The van der Waals surface area contributed by atoms with Gasteiger partial charge in [-0.3, -0.25) is 4.79 Å². The minimum atomic E-state index is -0.171. The lowest BCUT2D eigenvalue weighted by Crippen LogP contribution is -2.07. The summed E-state index contributed by atoms with van der Waals surface area (Å²) >= 11 is 1.57. The quantitative estimate of drug-likeness (QED) is 0.694. The molecule has 0 atom stereocenters. The lowest BCUT2D eigenvalue weighted by Gasteiger charge is -2.02. The first kappa shape index (κ1) is 14.7. The minimum absolute atomic E-state index is 0.171. The Kier molecular flexibility index (Phi) is 4.44. The standard InChI is InChI=1S/C17H16N2O2S/c1-22-17-7-4-14(11-18-17)19-16(20)6-3-12-2-5-15-13(10-12)8-9-21-15/h2-7,10-11H,8-9H2,1H3,(H,19,20)/b6-3+. The van der Waals surface area contributed by atoms with E-state index in [0.717, 1.165) is 29.4 Å². The van der Waals surface area contributed by atoms with Crippen molar-refractivity contribution in [3.05, 3.63) is 53.7 Å². The maximum Gasteiger partial charge on any atom is 0.248 e. The number of thioether (sulfide) groups is 1. The largest absolute Gasteiger partial charge is 0.493 e. The fourth-order valence-electron chi connectivity index (χ4n) is 2.24. The molecule has 4 nitrogen and oxygen atoms in total. The predicted octanol–water partition coefficient (Wildman–Crippen LogP) is 3.39. The number of carbonyl (C=O) groups is 1. The van der Waals surface area contributed by atoms with E-state index in [1.807, 2.05) is 30.5 Å². The summed E-state index contributed by atoms with van der Waals surface area (Å²) in [5.74, 6) is 0.775. The van der Waals surface area contributed by atoms with Crippen molar-refractivity contribution in [3.8, 4) is 5.75 Å². The number of benzene rings is 1. The highest BCUT2D eigenvalue weighted by atomic mass is 32.2. The fraction of sp³-hybridized carbons (Fsp3) is 0.176. The lowest BCUT2D eigenvalue weighted by atomic mass is 10.1. The van der Waals surface area contributed by atoms with Crippen LogP contribution < -0.4 is 10.1 Å². The van der Waals surface area contributed by atoms with Crippen LogP contribution >= 0.6 is 11.8 Å². The van der Waals surface area contributed by atoms with Crippen molar-refractivity contribution >= 4 is 29.4 Å². The number of nitrogens with zero attached hydrogens (tertiary/aromatic N) is 1. The molecule has 1 aromatic carbocycles. The second kappa shape index (κ2) is 6.66. The molecule has 22 heavy (non-hydrogen) atoms. The maximum absolute atomic E-state index is 11.9. The van der Waals surface area contributed by atoms with Crippen molar-refractivity contribution in [1.29, 1.82) is 0 Å². The van der Waals surface area contributed by atoms with E-state index in [2.05, 4.69) is 16.4 Å². The number of pyridine rings is 1. The third kappa shape index (κ3) is 3.49. The number of nitrogens with one attached hydrogen (secondary N) is 1. The van der Waals surface area contributed by atoms with Gasteiger partial charge in [0, 0.05) is 12.5 Å². The molecule has 5 heteroatoms. The van der Waals surface area contributed by atoms with Crippen molar-refractivity contribution < 1.29 is 9.53 Å². The van der Waals surface area contributed by atoms with Gasteiger partial charge in [-0.15, -0.1) is 11.8 Å². The molecule has 112 valence electrons. The van der Waals surface area contributed by atoms with Crippen LogP contribution in [0, 0.1) is 0 Å². The second-order valence-corrected chi connectivity index (χ2v) is 5.70. The summed E-state index contributed by atoms with van der Waals surface area (Å²) in [7, 11) is 0. The Morgan fingerprint density at radius 3 is 3.05 bits per heavy atom. The highest BCUT2D eigenvalue weighted by Gasteiger charge is 2.11. The van der Waals surface area contributed by atoms with Gasteiger partial charge in [-0.2, -0.15) is 0 Å². The molecule has 0 radical (unpaired) electrons. The van der Waals surface area contributed by atoms with Crippen molar-refractivity contribution in [3.63, 3.8) is 0 Å². The minimum Gasteiger partial charge on any atom is -0.493 e. The number of hydrogen-bond donors (Lipinski definition) is 1. The molecule has 0 unspecified atom stereocenters. The van der Waals surface area contributed by atoms with Crippen LogP contribution in [-0.2, 0) is 11.2 Å². The van der Waals surface area contributed by atoms with Crippen molar-refractivity contribution in [2.75, 3.05) is 18.2 Å². The SMILES string of the molecule is CSc1ccc(NC(=O)/C=C/c2ccc3c(c2)CCO3)cn1. The molecule has 0 aliphatic carbocycles. The van der Waals surface area contributed by atoms with Gasteiger partial charge >= 0.3 is 0 Å². The van der Waals surface area contributed by atoms with Crippen molar-refractivity contribution in [2.45, 2.75) is 11.4 Å². The average molecular weight is 312 g/mol. The molecule has 0 bridgehead atoms. The van der Waals surface area contributed by atoms with E-state index in [1.54, 1.807) is 24.0 Å². The number of aromatic nitrogens is 1. The van der Waals surface area contributed by atoms with Gasteiger partial charge in [0.15, 0.2) is 0 Å². The number of amides is 1. The molecule has 1 aliphatic heterocycles. The molecule has 2 heterocycles. The zero-order chi connectivity index (χ0) is 15.4. The van der Waals surface area contributed by atoms with E-state index in [-0.39, 0.29) is 5.91 Å². The summed E-state index contributed by atoms with van der Waals surface area (Å²) in [4.78, 5) is 16.1. The first-order valence-electron chi connectivity index (χ1n) is 6.99. The predicted molar refractivity (Wildman–Crippen MR) is 89.3 cm³/mol. The molecule has 2 aromatic rings. The summed E-state index contributed by atoms with van der Waals surface area (Å²) < 4.78 is 5.46. The fourth-order valence-corrected chi connectivity index (χ4v) is 2.60. The number of rotatable bonds is 4. The van der Waals surface area contributed by atoms with E-state index in [1.165, 1.54) is 11.6 Å². The summed E-state index contributed by atoms with van der Waals surface area (Å²) in [5.41, 5.74) is 2.88. The van der Waals surface area contributed by atoms with E-state index in [9.17, 15) is 4.79 Å². The Hall–Kier alpha value is -2.27. The van der Waals surface area contributed by atoms with Crippen LogP contribution in [0.5, 0.6) is 5.75 Å². The number of anilines is 1. The Morgan fingerprint density at radius 1 is 1.36 bits per heavy atom. The van der Waals surface area contributed by atoms with Gasteiger partial charge < -0.3 is 10.1 Å². The third-order valence-electron chi connectivity index (χ3n) is 3.35. The molecular weight excluding hydrogens is 296 g/mol. The van der Waals surface area contributed by atoms with Crippen LogP contribution in [0.25, 0.3) is 6.08 Å². The lowest BCUT2D eigenvalue weighted by molar-refractivity contribution is -0.111. The van der Waals surface area contributed by atoms with Gasteiger partial charge in [0.25, 0.3) is 0 Å². The molecule has 0 saturated heterocycles. The normalized spacial score (nSPS) is 13.0. The van der Waals surface area contributed by atoms with Crippen LogP contribution in [0.2, 0.25) is 0 Å². The Labute approximate surface area is 133 Å². The molecular formula is C17H16N2O2S. The molecule has 1 amide bonds. The van der Waals surface area contributed by atoms with Crippen LogP contribution in [0.3, 0.4) is 0 Å². The van der Waals surface area contributed by atoms with E-state index < -0.39 is 0 Å². The number of fused-ring (bicyclic) bond motifs is 1. The number of carbonyl (C=O) groups excluding carboxylic acids is 1. The summed E-state index contributed by atoms with van der Waals surface area (Å²) in [5, 5.41) is 3.72. The zero-order valence-corrected chi connectivity index (χ0v) is 13.0. The second-order valence-electron chi connectivity index (χ2n) is 4.88. The number of hydrogen-bond acceptors (Lipinski definition) is 4. The highest BCUT2D eigenvalue weighted by Crippen LogP contribution is 2.26. The molecule has 1 aliphatic rings. The average Bonchev–Trinajstić information content (AvgIpc) is 3.01. The van der Waals surface area contributed by atoms with Crippen molar-refractivity contribution in [2.24, 2.45) is 0 Å². The van der Waals surface area contributed by atoms with Crippen LogP contribution in [0.4, 0.5) is 5.69 Å². The van der Waals surface area contributed by atoms with E-state index >= 15 is 0 Å².